The van der Waals surface area contributed by atoms with E-state index in [1.54, 1.807) is 24.5 Å². The molecule has 3 aromatic rings. The van der Waals surface area contributed by atoms with Crippen LogP contribution in [0.25, 0.3) is 10.4 Å². The lowest BCUT2D eigenvalue weighted by Gasteiger charge is -2.04. The van der Waals surface area contributed by atoms with Crippen molar-refractivity contribution in [1.29, 1.82) is 0 Å². The van der Waals surface area contributed by atoms with Crippen LogP contribution in [0.3, 0.4) is 0 Å². The van der Waals surface area contributed by atoms with Gasteiger partial charge in [0.05, 0.1) is 22.0 Å². The molecule has 0 radical (unpaired) electrons. The first-order chi connectivity index (χ1) is 11.0. The zero-order chi connectivity index (χ0) is 16.4. The number of anilines is 1. The molecule has 0 fully saturated rings. The van der Waals surface area contributed by atoms with Crippen molar-refractivity contribution >= 4 is 34.7 Å². The number of nitrogens with one attached hydrogen (secondary N) is 1. The number of hydrogen-bond donors (Lipinski definition) is 1. The molecule has 7 heteroatoms. The number of carbonyl (C=O) groups is 1. The quantitative estimate of drug-likeness (QED) is 0.783. The van der Waals surface area contributed by atoms with Crippen LogP contribution >= 0.6 is 22.9 Å². The van der Waals surface area contributed by atoms with Crippen molar-refractivity contribution in [3.63, 3.8) is 0 Å². The lowest BCUT2D eigenvalue weighted by atomic mass is 10.2. The van der Waals surface area contributed by atoms with Crippen LogP contribution in [0, 0.1) is 6.92 Å². The molecule has 3 rings (SSSR count). The van der Waals surface area contributed by atoms with Gasteiger partial charge >= 0.3 is 0 Å². The number of aromatic nitrogens is 3. The van der Waals surface area contributed by atoms with Crippen molar-refractivity contribution in [2.75, 3.05) is 5.32 Å². The molecule has 2 heterocycles. The molecule has 0 saturated carbocycles. The SMILES string of the molecule is Cc1nc(NC(=O)Cc2cc(Cl)n(C)n2)c(-c2ccccc2)s1. The number of hydrogen-bond acceptors (Lipinski definition) is 4. The molecule has 23 heavy (non-hydrogen) atoms. The molecule has 0 unspecified atom stereocenters. The van der Waals surface area contributed by atoms with Crippen molar-refractivity contribution in [1.82, 2.24) is 14.8 Å². The van der Waals surface area contributed by atoms with Gasteiger partial charge in [0.15, 0.2) is 5.82 Å². The standard InChI is InChI=1S/C16H15ClN4OS/c1-10-18-16(15(23-10)11-6-4-3-5-7-11)19-14(22)9-12-8-13(17)21(2)20-12/h3-8H,9H2,1-2H3,(H,19,22). The fraction of sp³-hybridized carbons (Fsp3) is 0.188. The van der Waals surface area contributed by atoms with Crippen LogP contribution in [-0.2, 0) is 18.3 Å². The second kappa shape index (κ2) is 6.52. The van der Waals surface area contributed by atoms with Gasteiger partial charge in [-0.1, -0.05) is 41.9 Å². The van der Waals surface area contributed by atoms with Gasteiger partial charge in [-0.15, -0.1) is 11.3 Å². The first-order valence-corrected chi connectivity index (χ1v) is 8.23. The summed E-state index contributed by atoms with van der Waals surface area (Å²) in [6.45, 7) is 1.92. The fourth-order valence-electron chi connectivity index (χ4n) is 2.22. The summed E-state index contributed by atoms with van der Waals surface area (Å²) < 4.78 is 1.53. The van der Waals surface area contributed by atoms with Gasteiger partial charge in [-0.3, -0.25) is 9.48 Å². The van der Waals surface area contributed by atoms with Gasteiger partial charge in [-0.25, -0.2) is 4.98 Å². The van der Waals surface area contributed by atoms with Gasteiger partial charge in [0.1, 0.15) is 5.15 Å². The fourth-order valence-corrected chi connectivity index (χ4v) is 3.27. The molecule has 2 aromatic heterocycles. The van der Waals surface area contributed by atoms with E-state index < -0.39 is 0 Å². The molecule has 0 aliphatic heterocycles. The molecule has 1 N–H and O–H groups in total. The molecule has 0 spiro atoms. The normalized spacial score (nSPS) is 10.7. The summed E-state index contributed by atoms with van der Waals surface area (Å²) in [6.07, 6.45) is 0.158. The Hall–Kier alpha value is -2.18. The number of halogens is 1. The van der Waals surface area contributed by atoms with Gasteiger partial charge in [-0.05, 0) is 18.6 Å². The summed E-state index contributed by atoms with van der Waals surface area (Å²) in [4.78, 5) is 17.6. The molecule has 0 saturated heterocycles. The Morgan fingerprint density at radius 1 is 1.35 bits per heavy atom. The summed E-state index contributed by atoms with van der Waals surface area (Å²) in [7, 11) is 1.74. The Bertz CT molecular complexity index is 822. The molecular weight excluding hydrogens is 332 g/mol. The van der Waals surface area contributed by atoms with E-state index in [-0.39, 0.29) is 12.3 Å². The van der Waals surface area contributed by atoms with E-state index in [9.17, 15) is 4.79 Å². The van der Waals surface area contributed by atoms with Crippen LogP contribution in [0.1, 0.15) is 10.7 Å². The zero-order valence-electron chi connectivity index (χ0n) is 12.7. The molecule has 1 aromatic carbocycles. The first kappa shape index (κ1) is 15.7. The maximum atomic E-state index is 12.3. The lowest BCUT2D eigenvalue weighted by Crippen LogP contribution is -2.15. The Morgan fingerprint density at radius 3 is 2.74 bits per heavy atom. The molecular formula is C16H15ClN4OS. The minimum atomic E-state index is -0.165. The van der Waals surface area contributed by atoms with Crippen LogP contribution in [0.5, 0.6) is 0 Å². The minimum Gasteiger partial charge on any atom is -0.309 e. The van der Waals surface area contributed by atoms with E-state index in [1.165, 1.54) is 4.68 Å². The second-order valence-electron chi connectivity index (χ2n) is 5.08. The topological polar surface area (TPSA) is 59.8 Å². The number of carbonyl (C=O) groups excluding carboxylic acids is 1. The average Bonchev–Trinajstić information content (AvgIpc) is 3.02. The van der Waals surface area contributed by atoms with Crippen molar-refractivity contribution in [2.24, 2.45) is 7.05 Å². The highest BCUT2D eigenvalue weighted by Crippen LogP contribution is 2.33. The van der Waals surface area contributed by atoms with Gasteiger partial charge in [0, 0.05) is 7.05 Å². The molecule has 1 amide bonds. The van der Waals surface area contributed by atoms with Crippen molar-refractivity contribution < 1.29 is 4.79 Å². The summed E-state index contributed by atoms with van der Waals surface area (Å²) in [5.74, 6) is 0.424. The Labute approximate surface area is 142 Å². The number of aryl methyl sites for hydroxylation is 2. The Kier molecular flexibility index (Phi) is 4.45. The maximum Gasteiger partial charge on any atom is 0.231 e. The van der Waals surface area contributed by atoms with Gasteiger partial charge in [0.2, 0.25) is 5.91 Å². The molecule has 0 aliphatic carbocycles. The van der Waals surface area contributed by atoms with Crippen LogP contribution in [0.2, 0.25) is 5.15 Å². The van der Waals surface area contributed by atoms with Crippen molar-refractivity contribution in [2.45, 2.75) is 13.3 Å². The number of rotatable bonds is 4. The third kappa shape index (κ3) is 3.60. The van der Waals surface area contributed by atoms with E-state index in [4.69, 9.17) is 11.6 Å². The van der Waals surface area contributed by atoms with E-state index in [0.29, 0.717) is 16.7 Å². The van der Waals surface area contributed by atoms with E-state index in [2.05, 4.69) is 15.4 Å². The van der Waals surface area contributed by atoms with Crippen LogP contribution < -0.4 is 5.32 Å². The number of amides is 1. The number of nitrogens with zero attached hydrogens (tertiary/aromatic N) is 3. The molecule has 0 aliphatic rings. The lowest BCUT2D eigenvalue weighted by molar-refractivity contribution is -0.115. The monoisotopic (exact) mass is 346 g/mol. The molecule has 0 bridgehead atoms. The average molecular weight is 347 g/mol. The summed E-state index contributed by atoms with van der Waals surface area (Å²) in [5.41, 5.74) is 1.66. The number of thiazole rings is 1. The third-order valence-corrected chi connectivity index (χ3v) is 4.62. The van der Waals surface area contributed by atoms with Crippen LogP contribution in [-0.4, -0.2) is 20.7 Å². The molecule has 118 valence electrons. The second-order valence-corrected chi connectivity index (χ2v) is 6.67. The van der Waals surface area contributed by atoms with Crippen molar-refractivity contribution in [3.05, 3.63) is 52.3 Å². The summed E-state index contributed by atoms with van der Waals surface area (Å²) in [5, 5.41) is 8.46. The first-order valence-electron chi connectivity index (χ1n) is 7.04. The Balaban J connectivity index is 1.79. The van der Waals surface area contributed by atoms with E-state index in [0.717, 1.165) is 15.4 Å². The van der Waals surface area contributed by atoms with Gasteiger partial charge in [-0.2, -0.15) is 5.10 Å². The minimum absolute atomic E-state index is 0.158. The number of benzene rings is 1. The van der Waals surface area contributed by atoms with Gasteiger partial charge < -0.3 is 5.32 Å². The highest BCUT2D eigenvalue weighted by molar-refractivity contribution is 7.15. The van der Waals surface area contributed by atoms with Gasteiger partial charge in [0.25, 0.3) is 0 Å². The highest BCUT2D eigenvalue weighted by atomic mass is 35.5. The predicted octanol–water partition coefficient (Wildman–Crippen LogP) is 3.69. The molecule has 0 atom stereocenters. The van der Waals surface area contributed by atoms with E-state index in [1.807, 2.05) is 37.3 Å². The smallest absolute Gasteiger partial charge is 0.231 e. The van der Waals surface area contributed by atoms with Crippen molar-refractivity contribution in [3.8, 4) is 10.4 Å². The maximum absolute atomic E-state index is 12.3. The van der Waals surface area contributed by atoms with E-state index >= 15 is 0 Å². The Morgan fingerprint density at radius 2 is 2.09 bits per heavy atom. The largest absolute Gasteiger partial charge is 0.309 e. The summed E-state index contributed by atoms with van der Waals surface area (Å²) in [6, 6.07) is 11.6. The van der Waals surface area contributed by atoms with Crippen LogP contribution in [0.15, 0.2) is 36.4 Å². The zero-order valence-corrected chi connectivity index (χ0v) is 14.3. The van der Waals surface area contributed by atoms with Crippen LogP contribution in [0.4, 0.5) is 5.82 Å². The third-order valence-electron chi connectivity index (χ3n) is 3.24. The summed E-state index contributed by atoms with van der Waals surface area (Å²) >= 11 is 7.50. The predicted molar refractivity (Wildman–Crippen MR) is 92.8 cm³/mol. The molecule has 5 nitrogen and oxygen atoms in total. The highest BCUT2D eigenvalue weighted by Gasteiger charge is 2.15.